The number of aliphatic hydroxyl groups is 1. The van der Waals surface area contributed by atoms with Crippen LogP contribution in [0.4, 0.5) is 4.39 Å². The minimum atomic E-state index is -0.717. The number of phenols is 1. The molecule has 0 saturated heterocycles. The summed E-state index contributed by atoms with van der Waals surface area (Å²) in [5.74, 6) is -1.13. The lowest BCUT2D eigenvalue weighted by molar-refractivity contribution is 0.282. The molecule has 2 aromatic carbocycles. The Morgan fingerprint density at radius 2 is 1.61 bits per heavy atom. The topological polar surface area (TPSA) is 40.5 Å². The van der Waals surface area contributed by atoms with Crippen molar-refractivity contribution in [3.05, 3.63) is 51.8 Å². The molecule has 0 amide bonds. The number of hydrogen-bond acceptors (Lipinski definition) is 2. The average molecular weight is 287 g/mol. The summed E-state index contributed by atoms with van der Waals surface area (Å²) in [4.78, 5) is 0. The van der Waals surface area contributed by atoms with Gasteiger partial charge in [0.2, 0.25) is 0 Å². The van der Waals surface area contributed by atoms with Crippen molar-refractivity contribution in [2.24, 2.45) is 0 Å². The van der Waals surface area contributed by atoms with Crippen LogP contribution in [0.15, 0.2) is 30.3 Å². The van der Waals surface area contributed by atoms with Gasteiger partial charge in [0.1, 0.15) is 0 Å². The minimum absolute atomic E-state index is 0.262. The maximum atomic E-state index is 13.3. The molecule has 2 rings (SSSR count). The third-order valence-corrected chi connectivity index (χ3v) is 3.25. The fourth-order valence-electron chi connectivity index (χ4n) is 1.61. The van der Waals surface area contributed by atoms with Gasteiger partial charge in [0.15, 0.2) is 11.6 Å². The summed E-state index contributed by atoms with van der Waals surface area (Å²) in [7, 11) is 0. The second kappa shape index (κ2) is 5.14. The molecule has 2 nitrogen and oxygen atoms in total. The van der Waals surface area contributed by atoms with Gasteiger partial charge in [-0.25, -0.2) is 4.39 Å². The van der Waals surface area contributed by atoms with Crippen LogP contribution in [-0.2, 0) is 6.61 Å². The van der Waals surface area contributed by atoms with E-state index in [0.717, 1.165) is 0 Å². The molecule has 0 heterocycles. The van der Waals surface area contributed by atoms with Gasteiger partial charge in [-0.05, 0) is 35.4 Å². The van der Waals surface area contributed by atoms with Gasteiger partial charge in [-0.1, -0.05) is 29.3 Å². The summed E-state index contributed by atoms with van der Waals surface area (Å²) in [5, 5.41) is 18.8. The molecule has 18 heavy (non-hydrogen) atoms. The summed E-state index contributed by atoms with van der Waals surface area (Å²) in [5.41, 5.74) is 1.58. The maximum absolute atomic E-state index is 13.3. The zero-order valence-corrected chi connectivity index (χ0v) is 10.6. The number of aliphatic hydroxyl groups excluding tert-OH is 1. The number of aromatic hydroxyl groups is 1. The highest BCUT2D eigenvalue weighted by molar-refractivity contribution is 6.36. The lowest BCUT2D eigenvalue weighted by Crippen LogP contribution is -1.89. The van der Waals surface area contributed by atoms with Gasteiger partial charge in [0.25, 0.3) is 0 Å². The molecule has 0 aliphatic rings. The van der Waals surface area contributed by atoms with Gasteiger partial charge in [0, 0.05) is 15.6 Å². The Morgan fingerprint density at radius 1 is 1.00 bits per heavy atom. The van der Waals surface area contributed by atoms with E-state index < -0.39 is 11.6 Å². The van der Waals surface area contributed by atoms with E-state index in [1.807, 2.05) is 0 Å². The third-order valence-electron chi connectivity index (χ3n) is 2.58. The molecular weight excluding hydrogens is 278 g/mol. The van der Waals surface area contributed by atoms with Crippen LogP contribution in [0.3, 0.4) is 0 Å². The van der Waals surface area contributed by atoms with Crippen LogP contribution < -0.4 is 0 Å². The Bertz CT molecular complexity index is 577. The van der Waals surface area contributed by atoms with Crippen molar-refractivity contribution in [3.63, 3.8) is 0 Å². The Kier molecular flexibility index (Phi) is 3.76. The molecule has 2 N–H and O–H groups in total. The molecule has 0 aromatic heterocycles. The molecule has 2 aromatic rings. The maximum Gasteiger partial charge on any atom is 0.165 e. The fraction of sp³-hybridized carbons (Fsp3) is 0.0769. The summed E-state index contributed by atoms with van der Waals surface area (Å²) in [6.45, 7) is -0.262. The second-order valence-corrected chi connectivity index (χ2v) is 4.56. The first-order chi connectivity index (χ1) is 8.52. The van der Waals surface area contributed by atoms with Crippen LogP contribution in [0.5, 0.6) is 5.75 Å². The molecule has 0 saturated carbocycles. The Labute approximate surface area is 113 Å². The number of benzene rings is 2. The van der Waals surface area contributed by atoms with Gasteiger partial charge in [0.05, 0.1) is 6.61 Å². The molecule has 0 radical (unpaired) electrons. The fourth-order valence-corrected chi connectivity index (χ4v) is 2.21. The van der Waals surface area contributed by atoms with Crippen molar-refractivity contribution >= 4 is 23.2 Å². The zero-order valence-electron chi connectivity index (χ0n) is 9.12. The Balaban J connectivity index is 2.54. The normalized spacial score (nSPS) is 10.7. The van der Waals surface area contributed by atoms with Crippen LogP contribution in [0.1, 0.15) is 5.56 Å². The average Bonchev–Trinajstić information content (AvgIpc) is 2.32. The van der Waals surface area contributed by atoms with E-state index in [2.05, 4.69) is 0 Å². The lowest BCUT2D eigenvalue weighted by Gasteiger charge is -2.08. The van der Waals surface area contributed by atoms with Crippen molar-refractivity contribution in [1.29, 1.82) is 0 Å². The molecule has 0 atom stereocenters. The number of rotatable bonds is 2. The summed E-state index contributed by atoms with van der Waals surface area (Å²) in [6.07, 6.45) is 0. The van der Waals surface area contributed by atoms with Gasteiger partial charge in [-0.3, -0.25) is 0 Å². The van der Waals surface area contributed by atoms with E-state index >= 15 is 0 Å². The van der Waals surface area contributed by atoms with Crippen LogP contribution in [0.25, 0.3) is 11.1 Å². The van der Waals surface area contributed by atoms with Crippen molar-refractivity contribution < 1.29 is 14.6 Å². The van der Waals surface area contributed by atoms with Crippen LogP contribution in [0, 0.1) is 5.82 Å². The van der Waals surface area contributed by atoms with Gasteiger partial charge < -0.3 is 10.2 Å². The molecule has 0 spiro atoms. The molecule has 0 aliphatic heterocycles. The molecule has 5 heteroatoms. The standard InChI is InChI=1S/C13H9Cl2FO2/c14-10-3-8(4-11(15)9(10)6-17)7-1-2-13(18)12(16)5-7/h1-5,17-18H,6H2. The van der Waals surface area contributed by atoms with Gasteiger partial charge in [-0.2, -0.15) is 0 Å². The lowest BCUT2D eigenvalue weighted by atomic mass is 10.0. The zero-order chi connectivity index (χ0) is 13.3. The summed E-state index contributed by atoms with van der Waals surface area (Å²) in [6, 6.07) is 7.18. The van der Waals surface area contributed by atoms with Gasteiger partial charge in [-0.15, -0.1) is 0 Å². The van der Waals surface area contributed by atoms with E-state index in [-0.39, 0.29) is 6.61 Å². The van der Waals surface area contributed by atoms with Crippen molar-refractivity contribution in [3.8, 4) is 16.9 Å². The molecule has 0 unspecified atom stereocenters. The van der Waals surface area contributed by atoms with E-state index in [0.29, 0.717) is 26.7 Å². The first-order valence-corrected chi connectivity index (χ1v) is 5.86. The number of halogens is 3. The van der Waals surface area contributed by atoms with Crippen LogP contribution >= 0.6 is 23.2 Å². The molecule has 0 fully saturated rings. The third kappa shape index (κ3) is 2.43. The van der Waals surface area contributed by atoms with E-state index in [1.54, 1.807) is 18.2 Å². The smallest absolute Gasteiger partial charge is 0.165 e. The highest BCUT2D eigenvalue weighted by atomic mass is 35.5. The van der Waals surface area contributed by atoms with Crippen molar-refractivity contribution in [2.75, 3.05) is 0 Å². The predicted molar refractivity (Wildman–Crippen MR) is 69.4 cm³/mol. The minimum Gasteiger partial charge on any atom is -0.505 e. The molecule has 0 aliphatic carbocycles. The van der Waals surface area contributed by atoms with Crippen molar-refractivity contribution in [2.45, 2.75) is 6.61 Å². The predicted octanol–water partition coefficient (Wildman–Crippen LogP) is 4.00. The molecule has 0 bridgehead atoms. The SMILES string of the molecule is OCc1c(Cl)cc(-c2ccc(O)c(F)c2)cc1Cl. The first kappa shape index (κ1) is 13.1. The van der Waals surface area contributed by atoms with E-state index in [1.165, 1.54) is 12.1 Å². The second-order valence-electron chi connectivity index (χ2n) is 3.74. The van der Waals surface area contributed by atoms with Crippen molar-refractivity contribution in [1.82, 2.24) is 0 Å². The van der Waals surface area contributed by atoms with Crippen LogP contribution in [0.2, 0.25) is 10.0 Å². The van der Waals surface area contributed by atoms with Gasteiger partial charge >= 0.3 is 0 Å². The highest BCUT2D eigenvalue weighted by Gasteiger charge is 2.10. The Hall–Kier alpha value is -1.29. The molecule has 94 valence electrons. The summed E-state index contributed by atoms with van der Waals surface area (Å²) < 4.78 is 13.3. The summed E-state index contributed by atoms with van der Waals surface area (Å²) >= 11 is 11.9. The van der Waals surface area contributed by atoms with E-state index in [4.69, 9.17) is 33.4 Å². The number of hydrogen-bond donors (Lipinski definition) is 2. The van der Waals surface area contributed by atoms with Crippen LogP contribution in [-0.4, -0.2) is 10.2 Å². The number of phenolic OH excluding ortho intramolecular Hbond substituents is 1. The largest absolute Gasteiger partial charge is 0.505 e. The Morgan fingerprint density at radius 3 is 2.11 bits per heavy atom. The molecular formula is C13H9Cl2FO2. The quantitative estimate of drug-likeness (QED) is 0.876. The first-order valence-electron chi connectivity index (χ1n) is 5.10. The monoisotopic (exact) mass is 286 g/mol. The van der Waals surface area contributed by atoms with E-state index in [9.17, 15) is 4.39 Å². The highest BCUT2D eigenvalue weighted by Crippen LogP contribution is 2.33.